The van der Waals surface area contributed by atoms with Gasteiger partial charge in [0.2, 0.25) is 0 Å². The van der Waals surface area contributed by atoms with Crippen LogP contribution >= 0.6 is 0 Å². The van der Waals surface area contributed by atoms with Crippen LogP contribution in [0, 0.1) is 12.8 Å². The lowest BCUT2D eigenvalue weighted by molar-refractivity contribution is -0.137. The zero-order valence-electron chi connectivity index (χ0n) is 26.0. The summed E-state index contributed by atoms with van der Waals surface area (Å²) in [5, 5.41) is 0. The second-order valence-corrected chi connectivity index (χ2v) is 19.9. The van der Waals surface area contributed by atoms with E-state index in [2.05, 4.69) is 47.6 Å². The number of sulfonamides is 1. The number of benzene rings is 2. The van der Waals surface area contributed by atoms with Crippen molar-refractivity contribution >= 4 is 35.6 Å². The second kappa shape index (κ2) is 12.4. The molecule has 1 aliphatic carbocycles. The molecule has 224 valence electrons. The molecule has 1 heterocycles. The first kappa shape index (κ1) is 31.5. The summed E-state index contributed by atoms with van der Waals surface area (Å²) >= 11 is 0. The summed E-state index contributed by atoms with van der Waals surface area (Å²) in [6.45, 7) is 18.9. The molecule has 0 aromatic heterocycles. The highest BCUT2D eigenvalue weighted by Crippen LogP contribution is 2.46. The smallest absolute Gasteiger partial charge is 0.331 e. The van der Waals surface area contributed by atoms with Crippen LogP contribution in [0.1, 0.15) is 77.1 Å². The Morgan fingerprint density at radius 2 is 1.63 bits per heavy atom. The number of hydrogen-bond acceptors (Lipinski definition) is 5. The number of carbonyl (C=O) groups is 1. The Labute approximate surface area is 248 Å². The first-order valence-corrected chi connectivity index (χ1v) is 18.7. The van der Waals surface area contributed by atoms with Gasteiger partial charge in [-0.25, -0.2) is 13.2 Å². The van der Waals surface area contributed by atoms with E-state index >= 15 is 0 Å². The van der Waals surface area contributed by atoms with Gasteiger partial charge in [0.25, 0.3) is 10.0 Å². The average Bonchev–Trinajstić information content (AvgIpc) is 3.34. The molecular formula is C33H47NO5SSi. The molecule has 2 aromatic carbocycles. The van der Waals surface area contributed by atoms with Crippen molar-refractivity contribution in [1.82, 2.24) is 0 Å². The van der Waals surface area contributed by atoms with E-state index in [1.807, 2.05) is 25.1 Å². The van der Waals surface area contributed by atoms with Crippen molar-refractivity contribution in [3.05, 3.63) is 64.7 Å². The highest BCUT2D eigenvalue weighted by molar-refractivity contribution is 7.92. The maximum atomic E-state index is 13.6. The van der Waals surface area contributed by atoms with Gasteiger partial charge in [0, 0.05) is 19.2 Å². The van der Waals surface area contributed by atoms with E-state index in [0.717, 1.165) is 34.2 Å². The fourth-order valence-electron chi connectivity index (χ4n) is 7.30. The van der Waals surface area contributed by atoms with Crippen molar-refractivity contribution in [2.75, 3.05) is 24.1 Å². The van der Waals surface area contributed by atoms with Crippen molar-refractivity contribution in [3.8, 4) is 0 Å². The zero-order chi connectivity index (χ0) is 30.1. The van der Waals surface area contributed by atoms with E-state index in [1.54, 1.807) is 25.1 Å². The fourth-order valence-corrected chi connectivity index (χ4v) is 14.3. The Morgan fingerprint density at radius 1 is 1.00 bits per heavy atom. The quantitative estimate of drug-likeness (QED) is 0.162. The molecule has 0 saturated heterocycles. The van der Waals surface area contributed by atoms with Gasteiger partial charge in [0.1, 0.15) is 0 Å². The maximum absolute atomic E-state index is 13.6. The van der Waals surface area contributed by atoms with Crippen LogP contribution in [0.2, 0.25) is 16.6 Å². The zero-order valence-corrected chi connectivity index (χ0v) is 27.8. The first-order valence-electron chi connectivity index (χ1n) is 15.1. The third kappa shape index (κ3) is 6.06. The minimum absolute atomic E-state index is 0.234. The van der Waals surface area contributed by atoms with E-state index in [4.69, 9.17) is 9.16 Å². The van der Waals surface area contributed by atoms with Gasteiger partial charge in [-0.3, -0.25) is 4.31 Å². The summed E-state index contributed by atoms with van der Waals surface area (Å²) in [5.74, 6) is -0.122. The van der Waals surface area contributed by atoms with Gasteiger partial charge in [-0.15, -0.1) is 0 Å². The molecule has 0 spiro atoms. The largest absolute Gasteiger partial charge is 0.463 e. The molecule has 4 rings (SSSR count). The minimum atomic E-state index is -3.70. The Balaban J connectivity index is 1.71. The standard InChI is InChI=1S/C33H47NO5SSi/c1-9-38-32(35)20-28-19-26(21-39-41(22(2)3,23(4)5)24(6)7)18-27-12-15-31-30(33(27)28)16-17-34(31)40(36,37)29-13-10-25(8)11-14-29/h10-15,20,22-24,26H,9,16-19,21H2,1-8H3/b28-20+/t26-/m0/s1. The average molecular weight is 598 g/mol. The van der Waals surface area contributed by atoms with Crippen molar-refractivity contribution < 1.29 is 22.4 Å². The summed E-state index contributed by atoms with van der Waals surface area (Å²) in [5.41, 5.74) is 7.32. The van der Waals surface area contributed by atoms with Crippen molar-refractivity contribution in [2.45, 2.75) is 96.2 Å². The minimum Gasteiger partial charge on any atom is -0.463 e. The summed E-state index contributed by atoms with van der Waals surface area (Å²) < 4.78 is 41.1. The van der Waals surface area contributed by atoms with Gasteiger partial charge in [0.05, 0.1) is 17.2 Å². The lowest BCUT2D eigenvalue weighted by Crippen LogP contribution is -2.48. The predicted octanol–water partition coefficient (Wildman–Crippen LogP) is 7.45. The Hall–Kier alpha value is -2.42. The number of esters is 1. The van der Waals surface area contributed by atoms with Crippen LogP contribution in [0.5, 0.6) is 0 Å². The van der Waals surface area contributed by atoms with E-state index in [0.29, 0.717) is 59.8 Å². The molecule has 1 aliphatic heterocycles. The number of rotatable bonds is 10. The monoisotopic (exact) mass is 597 g/mol. The molecule has 2 aromatic rings. The molecule has 0 N–H and O–H groups in total. The van der Waals surface area contributed by atoms with Crippen LogP contribution in [0.3, 0.4) is 0 Å². The van der Waals surface area contributed by atoms with Crippen LogP contribution in [0.4, 0.5) is 5.69 Å². The Bertz CT molecular complexity index is 1370. The Kier molecular flexibility index (Phi) is 9.56. The van der Waals surface area contributed by atoms with E-state index < -0.39 is 18.3 Å². The van der Waals surface area contributed by atoms with Crippen LogP contribution in [-0.4, -0.2) is 42.5 Å². The van der Waals surface area contributed by atoms with Crippen LogP contribution < -0.4 is 4.31 Å². The lowest BCUT2D eigenvalue weighted by Gasteiger charge is -2.43. The molecule has 0 amide bonds. The van der Waals surface area contributed by atoms with E-state index in [1.165, 1.54) is 4.31 Å². The van der Waals surface area contributed by atoms with Crippen molar-refractivity contribution in [2.24, 2.45) is 5.92 Å². The number of fused-ring (bicyclic) bond motifs is 3. The highest BCUT2D eigenvalue weighted by atomic mass is 32.2. The molecule has 0 saturated carbocycles. The highest BCUT2D eigenvalue weighted by Gasteiger charge is 2.45. The van der Waals surface area contributed by atoms with Crippen LogP contribution in [-0.2, 0) is 36.8 Å². The van der Waals surface area contributed by atoms with Gasteiger partial charge in [-0.2, -0.15) is 0 Å². The predicted molar refractivity (Wildman–Crippen MR) is 169 cm³/mol. The van der Waals surface area contributed by atoms with Gasteiger partial charge < -0.3 is 9.16 Å². The fraction of sp³-hybridized carbons (Fsp3) is 0.545. The third-order valence-corrected chi connectivity index (χ3v) is 16.9. The maximum Gasteiger partial charge on any atom is 0.331 e. The SMILES string of the molecule is CCOC(=O)/C=C1\C[C@@H](CO[Si](C(C)C)(C(C)C)C(C)C)Cc2ccc3c(c21)CCN3S(=O)(=O)c1ccc(C)cc1. The summed E-state index contributed by atoms with van der Waals surface area (Å²) in [7, 11) is -5.74. The summed E-state index contributed by atoms with van der Waals surface area (Å²) in [6, 6.07) is 11.0. The van der Waals surface area contributed by atoms with E-state index in [-0.39, 0.29) is 11.9 Å². The number of carbonyl (C=O) groups excluding carboxylic acids is 1. The molecule has 0 unspecified atom stereocenters. The molecule has 6 nitrogen and oxygen atoms in total. The molecule has 0 bridgehead atoms. The van der Waals surface area contributed by atoms with Gasteiger partial charge in [0.15, 0.2) is 8.32 Å². The number of anilines is 1. The lowest BCUT2D eigenvalue weighted by atomic mass is 9.78. The first-order chi connectivity index (χ1) is 19.3. The number of hydrogen-bond donors (Lipinski definition) is 0. The summed E-state index contributed by atoms with van der Waals surface area (Å²) in [6.07, 6.45) is 3.77. The topological polar surface area (TPSA) is 72.9 Å². The normalized spacial score (nSPS) is 18.4. The molecule has 1 atom stereocenters. The molecule has 0 radical (unpaired) electrons. The molecule has 2 aliphatic rings. The molecular weight excluding hydrogens is 551 g/mol. The van der Waals surface area contributed by atoms with Gasteiger partial charge in [-0.1, -0.05) is 65.3 Å². The number of ether oxygens (including phenoxy) is 1. The molecule has 8 heteroatoms. The van der Waals surface area contributed by atoms with Crippen LogP contribution in [0.15, 0.2) is 47.4 Å². The molecule has 41 heavy (non-hydrogen) atoms. The van der Waals surface area contributed by atoms with Crippen LogP contribution in [0.25, 0.3) is 5.57 Å². The van der Waals surface area contributed by atoms with Crippen molar-refractivity contribution in [3.63, 3.8) is 0 Å². The molecule has 0 fully saturated rings. The van der Waals surface area contributed by atoms with E-state index in [9.17, 15) is 13.2 Å². The second-order valence-electron chi connectivity index (χ2n) is 12.6. The summed E-state index contributed by atoms with van der Waals surface area (Å²) in [4.78, 5) is 13.0. The Morgan fingerprint density at radius 3 is 2.22 bits per heavy atom. The third-order valence-electron chi connectivity index (χ3n) is 9.01. The van der Waals surface area contributed by atoms with Crippen molar-refractivity contribution in [1.29, 1.82) is 0 Å². The number of aryl methyl sites for hydroxylation is 1. The van der Waals surface area contributed by atoms with Gasteiger partial charge >= 0.3 is 5.97 Å². The number of nitrogens with zero attached hydrogens (tertiary/aromatic N) is 1. The van der Waals surface area contributed by atoms with Gasteiger partial charge in [-0.05, 0) is 96.1 Å². The number of allylic oxidation sites excluding steroid dienone is 1.